The lowest BCUT2D eigenvalue weighted by Gasteiger charge is -2.26. The Morgan fingerprint density at radius 1 is 1.24 bits per heavy atom. The number of carboxylic acid groups (broad SMARTS) is 1. The third-order valence-electron chi connectivity index (χ3n) is 4.15. The number of nitrogens with zero attached hydrogens (tertiary/aromatic N) is 1. The molecule has 0 radical (unpaired) electrons. The number of hydrogen-bond donors (Lipinski definition) is 1. The second-order valence-electron chi connectivity index (χ2n) is 5.06. The average Bonchev–Trinajstić information content (AvgIpc) is 2.82. The van der Waals surface area contributed by atoms with Crippen LogP contribution in [0.1, 0.15) is 33.1 Å². The van der Waals surface area contributed by atoms with E-state index < -0.39 is 17.9 Å². The first kappa shape index (κ1) is 12.1. The molecule has 1 heterocycles. The number of carboxylic acids is 1. The van der Waals surface area contributed by atoms with Crippen molar-refractivity contribution in [1.82, 2.24) is 4.90 Å². The van der Waals surface area contributed by atoms with Gasteiger partial charge >= 0.3 is 5.97 Å². The molecular formula is C12H17NO4. The van der Waals surface area contributed by atoms with Crippen molar-refractivity contribution in [3.05, 3.63) is 0 Å². The van der Waals surface area contributed by atoms with Gasteiger partial charge in [-0.15, -0.1) is 0 Å². The van der Waals surface area contributed by atoms with Gasteiger partial charge < -0.3 is 5.11 Å². The molecule has 2 rings (SSSR count). The zero-order valence-electron chi connectivity index (χ0n) is 10.0. The molecule has 1 aliphatic carbocycles. The van der Waals surface area contributed by atoms with Crippen LogP contribution in [0.25, 0.3) is 0 Å². The number of hydrogen-bond acceptors (Lipinski definition) is 3. The fourth-order valence-corrected chi connectivity index (χ4v) is 2.85. The molecule has 5 heteroatoms. The lowest BCUT2D eigenvalue weighted by atomic mass is 10.00. The monoisotopic (exact) mass is 239 g/mol. The van der Waals surface area contributed by atoms with Crippen LogP contribution in [0, 0.1) is 17.8 Å². The molecule has 0 aromatic heterocycles. The second-order valence-corrected chi connectivity index (χ2v) is 5.06. The Bertz CT molecular complexity index is 357. The van der Waals surface area contributed by atoms with E-state index in [1.54, 1.807) is 6.92 Å². The summed E-state index contributed by atoms with van der Waals surface area (Å²) < 4.78 is 0. The number of amides is 2. The summed E-state index contributed by atoms with van der Waals surface area (Å²) in [6, 6.07) is -0.557. The topological polar surface area (TPSA) is 74.7 Å². The van der Waals surface area contributed by atoms with Crippen molar-refractivity contribution in [2.24, 2.45) is 17.8 Å². The Kier molecular flexibility index (Phi) is 2.93. The fourth-order valence-electron chi connectivity index (χ4n) is 2.85. The first-order valence-electron chi connectivity index (χ1n) is 6.05. The maximum absolute atomic E-state index is 12.1. The van der Waals surface area contributed by atoms with Crippen LogP contribution in [0.3, 0.4) is 0 Å². The summed E-state index contributed by atoms with van der Waals surface area (Å²) in [6.45, 7) is 3.16. The van der Waals surface area contributed by atoms with Gasteiger partial charge in [-0.1, -0.05) is 6.42 Å². The summed E-state index contributed by atoms with van der Waals surface area (Å²) >= 11 is 0. The minimum absolute atomic E-state index is 0.168. The van der Waals surface area contributed by atoms with Gasteiger partial charge in [-0.2, -0.15) is 0 Å². The third-order valence-corrected chi connectivity index (χ3v) is 4.15. The van der Waals surface area contributed by atoms with Gasteiger partial charge in [0.25, 0.3) is 0 Å². The van der Waals surface area contributed by atoms with Gasteiger partial charge in [-0.25, -0.2) is 0 Å². The van der Waals surface area contributed by atoms with E-state index in [1.165, 1.54) is 11.8 Å². The highest BCUT2D eigenvalue weighted by Crippen LogP contribution is 2.41. The van der Waals surface area contributed by atoms with E-state index in [0.717, 1.165) is 19.3 Å². The van der Waals surface area contributed by atoms with Gasteiger partial charge in [0.1, 0.15) is 0 Å². The van der Waals surface area contributed by atoms with E-state index in [4.69, 9.17) is 5.11 Å². The Morgan fingerprint density at radius 3 is 2.12 bits per heavy atom. The summed E-state index contributed by atoms with van der Waals surface area (Å²) in [7, 11) is 0. The maximum atomic E-state index is 12.1. The molecular weight excluding hydrogens is 222 g/mol. The summed E-state index contributed by atoms with van der Waals surface area (Å²) in [5, 5.41) is 8.94. The van der Waals surface area contributed by atoms with Crippen molar-refractivity contribution in [2.45, 2.75) is 39.2 Å². The van der Waals surface area contributed by atoms with Crippen LogP contribution in [0.5, 0.6) is 0 Å². The van der Waals surface area contributed by atoms with Crippen LogP contribution in [0.4, 0.5) is 0 Å². The van der Waals surface area contributed by atoms with Crippen LogP contribution >= 0.6 is 0 Å². The first-order chi connectivity index (χ1) is 7.95. The average molecular weight is 239 g/mol. The highest BCUT2D eigenvalue weighted by atomic mass is 16.4. The number of carbonyl (C=O) groups is 3. The van der Waals surface area contributed by atoms with Crippen LogP contribution in [-0.2, 0) is 14.4 Å². The Hall–Kier alpha value is -1.39. The lowest BCUT2D eigenvalue weighted by molar-refractivity contribution is -0.149. The number of imide groups is 1. The predicted octanol–water partition coefficient (Wildman–Crippen LogP) is 0.881. The van der Waals surface area contributed by atoms with Crippen molar-refractivity contribution >= 4 is 17.8 Å². The van der Waals surface area contributed by atoms with Crippen LogP contribution < -0.4 is 0 Å². The molecule has 0 aromatic carbocycles. The van der Waals surface area contributed by atoms with Gasteiger partial charge in [0.2, 0.25) is 11.8 Å². The standard InChI is InChI=1S/C12H17NO4/c1-6(12(16)17)7(2)13-10(14)8-4-3-5-9(8)11(13)15/h6-9H,3-5H2,1-2H3,(H,16,17). The molecule has 2 fully saturated rings. The molecule has 4 atom stereocenters. The minimum Gasteiger partial charge on any atom is -0.481 e. The molecule has 2 amide bonds. The molecule has 4 unspecified atom stereocenters. The smallest absolute Gasteiger partial charge is 0.308 e. The SMILES string of the molecule is CC(C(=O)O)C(C)N1C(=O)C2CCCC2C1=O. The predicted molar refractivity (Wildman–Crippen MR) is 58.9 cm³/mol. The number of aliphatic carboxylic acids is 1. The van der Waals surface area contributed by atoms with Crippen molar-refractivity contribution in [2.75, 3.05) is 0 Å². The number of rotatable bonds is 3. The van der Waals surface area contributed by atoms with Crippen molar-refractivity contribution in [3.63, 3.8) is 0 Å². The molecule has 1 N–H and O–H groups in total. The van der Waals surface area contributed by atoms with Crippen molar-refractivity contribution in [3.8, 4) is 0 Å². The molecule has 17 heavy (non-hydrogen) atoms. The van der Waals surface area contributed by atoms with E-state index >= 15 is 0 Å². The summed E-state index contributed by atoms with van der Waals surface area (Å²) in [4.78, 5) is 36.3. The minimum atomic E-state index is -0.977. The second kappa shape index (κ2) is 4.13. The van der Waals surface area contributed by atoms with Gasteiger partial charge in [-0.3, -0.25) is 19.3 Å². The molecule has 1 aliphatic heterocycles. The van der Waals surface area contributed by atoms with Gasteiger partial charge in [0.05, 0.1) is 17.8 Å². The van der Waals surface area contributed by atoms with Crippen molar-refractivity contribution < 1.29 is 19.5 Å². The molecule has 1 saturated heterocycles. The van der Waals surface area contributed by atoms with E-state index in [9.17, 15) is 14.4 Å². The Labute approximate surface area is 99.8 Å². The molecule has 5 nitrogen and oxygen atoms in total. The van der Waals surface area contributed by atoms with Gasteiger partial charge in [0.15, 0.2) is 0 Å². The number of carbonyl (C=O) groups excluding carboxylic acids is 2. The molecule has 0 aromatic rings. The van der Waals surface area contributed by atoms with E-state index in [-0.39, 0.29) is 23.7 Å². The number of likely N-dealkylation sites (tertiary alicyclic amines) is 1. The lowest BCUT2D eigenvalue weighted by Crippen LogP contribution is -2.45. The molecule has 0 bridgehead atoms. The fraction of sp³-hybridized carbons (Fsp3) is 0.750. The highest BCUT2D eigenvalue weighted by Gasteiger charge is 2.52. The molecule has 1 saturated carbocycles. The number of fused-ring (bicyclic) bond motifs is 1. The quantitative estimate of drug-likeness (QED) is 0.742. The summed E-state index contributed by atoms with van der Waals surface area (Å²) in [5.41, 5.74) is 0. The Morgan fingerprint density at radius 2 is 1.71 bits per heavy atom. The maximum Gasteiger partial charge on any atom is 0.308 e. The van der Waals surface area contributed by atoms with E-state index in [1.807, 2.05) is 0 Å². The molecule has 0 spiro atoms. The van der Waals surface area contributed by atoms with Crippen LogP contribution in [0.15, 0.2) is 0 Å². The summed E-state index contributed by atoms with van der Waals surface area (Å²) in [6.07, 6.45) is 2.45. The largest absolute Gasteiger partial charge is 0.481 e. The summed E-state index contributed by atoms with van der Waals surface area (Å²) in [5.74, 6) is -2.41. The molecule has 2 aliphatic rings. The van der Waals surface area contributed by atoms with Gasteiger partial charge in [-0.05, 0) is 26.7 Å². The molecule has 94 valence electrons. The van der Waals surface area contributed by atoms with E-state index in [2.05, 4.69) is 0 Å². The zero-order chi connectivity index (χ0) is 12.7. The third kappa shape index (κ3) is 1.73. The highest BCUT2D eigenvalue weighted by molar-refractivity contribution is 6.06. The first-order valence-corrected chi connectivity index (χ1v) is 6.05. The normalized spacial score (nSPS) is 31.5. The Balaban J connectivity index is 2.20. The van der Waals surface area contributed by atoms with Gasteiger partial charge in [0, 0.05) is 6.04 Å². The van der Waals surface area contributed by atoms with Crippen LogP contribution in [-0.4, -0.2) is 33.8 Å². The van der Waals surface area contributed by atoms with Crippen molar-refractivity contribution in [1.29, 1.82) is 0 Å². The zero-order valence-corrected chi connectivity index (χ0v) is 10.0. The van der Waals surface area contributed by atoms with E-state index in [0.29, 0.717) is 0 Å². The van der Waals surface area contributed by atoms with Crippen LogP contribution in [0.2, 0.25) is 0 Å².